The fourth-order valence-corrected chi connectivity index (χ4v) is 5.03. The smallest absolute Gasteiger partial charge is 0.234 e. The van der Waals surface area contributed by atoms with Crippen LogP contribution in [-0.4, -0.2) is 81.6 Å². The lowest BCUT2D eigenvalue weighted by atomic mass is 10.2. The molecule has 9 nitrogen and oxygen atoms in total. The highest BCUT2D eigenvalue weighted by molar-refractivity contribution is 7.89. The lowest BCUT2D eigenvalue weighted by Gasteiger charge is -2.36. The maximum Gasteiger partial charge on any atom is 0.234 e. The van der Waals surface area contributed by atoms with E-state index < -0.39 is 21.8 Å². The first-order valence-electron chi connectivity index (χ1n) is 10.7. The molecule has 1 aliphatic rings. The number of unbranched alkanes of at least 4 members (excludes halogenated alkanes) is 3. The van der Waals surface area contributed by atoms with Crippen molar-refractivity contribution in [3.63, 3.8) is 0 Å². The Morgan fingerprint density at radius 3 is 2.44 bits per heavy atom. The molecule has 1 saturated heterocycles. The van der Waals surface area contributed by atoms with E-state index in [1.165, 1.54) is 4.31 Å². The number of hydrogen-bond acceptors (Lipinski definition) is 7. The summed E-state index contributed by atoms with van der Waals surface area (Å²) in [4.78, 5) is 13.1. The van der Waals surface area contributed by atoms with Gasteiger partial charge >= 0.3 is 0 Å². The fraction of sp³-hybridized carbons (Fsp3) is 0.591. The van der Waals surface area contributed by atoms with Crippen LogP contribution in [0.2, 0.25) is 0 Å². The number of carbonyl (C=O) groups is 1. The molecule has 1 aromatic rings. The molecular weight excluding hydrogens is 434 g/mol. The third-order valence-corrected chi connectivity index (χ3v) is 7.22. The van der Waals surface area contributed by atoms with Crippen LogP contribution >= 0.6 is 0 Å². The van der Waals surface area contributed by atoms with Gasteiger partial charge in [-0.1, -0.05) is 25.7 Å². The van der Waals surface area contributed by atoms with Gasteiger partial charge in [0, 0.05) is 44.4 Å². The van der Waals surface area contributed by atoms with Gasteiger partial charge in [0.15, 0.2) is 11.5 Å². The zero-order valence-corrected chi connectivity index (χ0v) is 19.8. The van der Waals surface area contributed by atoms with E-state index in [9.17, 15) is 18.4 Å². The number of hydroxylamine groups is 2. The summed E-state index contributed by atoms with van der Waals surface area (Å²) in [6.07, 6.45) is 3.76. The number of ether oxygens (including phenoxy) is 2. The molecule has 0 radical (unpaired) electrons. The van der Waals surface area contributed by atoms with Crippen LogP contribution in [0, 0.1) is 11.8 Å². The average Bonchev–Trinajstić information content (AvgIpc) is 2.82. The monoisotopic (exact) mass is 467 g/mol. The number of anilines is 1. The molecule has 1 heterocycles. The average molecular weight is 468 g/mol. The van der Waals surface area contributed by atoms with Gasteiger partial charge in [-0.3, -0.25) is 10.0 Å². The molecule has 10 heteroatoms. The normalized spacial score (nSPS) is 15.4. The molecule has 1 N–H and O–H groups in total. The summed E-state index contributed by atoms with van der Waals surface area (Å²) in [5.74, 6) is 6.41. The van der Waals surface area contributed by atoms with Gasteiger partial charge in [0.25, 0.3) is 0 Å². The molecule has 1 amide bonds. The van der Waals surface area contributed by atoms with E-state index in [1.807, 2.05) is 18.2 Å². The molecule has 1 fully saturated rings. The molecule has 1 aliphatic heterocycles. The second-order valence-electron chi connectivity index (χ2n) is 7.48. The van der Waals surface area contributed by atoms with Crippen LogP contribution in [0.1, 0.15) is 32.6 Å². The van der Waals surface area contributed by atoms with Gasteiger partial charge in [0.1, 0.15) is 6.04 Å². The van der Waals surface area contributed by atoms with Crippen LogP contribution in [0.25, 0.3) is 0 Å². The quantitative estimate of drug-likeness (QED) is 0.175. The number of benzene rings is 1. The van der Waals surface area contributed by atoms with Crippen LogP contribution < -0.4 is 14.4 Å². The number of hydrogen-bond donors (Lipinski definition) is 1. The van der Waals surface area contributed by atoms with Crippen LogP contribution in [0.4, 0.5) is 5.69 Å². The fourth-order valence-electron chi connectivity index (χ4n) is 3.46. The van der Waals surface area contributed by atoms with Crippen molar-refractivity contribution in [1.29, 1.82) is 0 Å². The summed E-state index contributed by atoms with van der Waals surface area (Å²) in [7, 11) is -0.575. The Hall–Kier alpha value is -2.48. The van der Waals surface area contributed by atoms with E-state index >= 15 is 0 Å². The Balaban J connectivity index is 2.02. The molecular formula is C22H33N3O6S. The lowest BCUT2D eigenvalue weighted by Crippen LogP contribution is -2.51. The summed E-state index contributed by atoms with van der Waals surface area (Å²) in [6, 6.07) is 4.49. The van der Waals surface area contributed by atoms with E-state index in [0.717, 1.165) is 24.9 Å². The van der Waals surface area contributed by atoms with E-state index in [0.29, 0.717) is 49.2 Å². The van der Waals surface area contributed by atoms with Crippen LogP contribution in [0.3, 0.4) is 0 Å². The van der Waals surface area contributed by atoms with Crippen LogP contribution in [-0.2, 0) is 14.8 Å². The van der Waals surface area contributed by atoms with Crippen molar-refractivity contribution in [3.8, 4) is 23.3 Å². The van der Waals surface area contributed by atoms with Crippen molar-refractivity contribution >= 4 is 22.1 Å². The van der Waals surface area contributed by atoms with Crippen molar-refractivity contribution in [1.82, 2.24) is 9.37 Å². The predicted molar refractivity (Wildman–Crippen MR) is 123 cm³/mol. The molecule has 178 valence electrons. The summed E-state index contributed by atoms with van der Waals surface area (Å²) in [5, 5.41) is 10.2. The summed E-state index contributed by atoms with van der Waals surface area (Å²) < 4.78 is 37.8. The number of nitrogens with zero attached hydrogens (tertiary/aromatic N) is 3. The maximum atomic E-state index is 12.9. The zero-order valence-electron chi connectivity index (χ0n) is 19.0. The first kappa shape index (κ1) is 25.8. The number of rotatable bonds is 11. The topological polar surface area (TPSA) is 99.6 Å². The summed E-state index contributed by atoms with van der Waals surface area (Å²) >= 11 is 0. The van der Waals surface area contributed by atoms with Gasteiger partial charge in [-0.2, -0.15) is 4.31 Å². The molecule has 1 aromatic carbocycles. The molecule has 0 spiro atoms. The summed E-state index contributed by atoms with van der Waals surface area (Å²) in [6.45, 7) is 3.66. The molecule has 0 aromatic heterocycles. The highest BCUT2D eigenvalue weighted by Crippen LogP contribution is 2.32. The zero-order chi connectivity index (χ0) is 23.6. The standard InChI is InChI=1S/C22H33N3O6S/c1-4-5-6-7-8-9-20(25(27)18-26)17-32(28,29)24-14-12-23(13-15-24)19-10-11-21(30-2)22(16-19)31-3/h10-11,16,18,20,27H,4-7,12-15,17H2,1-3H3. The lowest BCUT2D eigenvalue weighted by molar-refractivity contribution is -0.153. The minimum atomic E-state index is -3.72. The Labute approximate surface area is 190 Å². The van der Waals surface area contributed by atoms with Crippen LogP contribution in [0.15, 0.2) is 18.2 Å². The molecule has 2 rings (SSSR count). The first-order valence-corrected chi connectivity index (χ1v) is 12.3. The Morgan fingerprint density at radius 1 is 1.16 bits per heavy atom. The van der Waals surface area contributed by atoms with E-state index in [1.54, 1.807) is 14.2 Å². The largest absolute Gasteiger partial charge is 0.493 e. The molecule has 0 saturated carbocycles. The van der Waals surface area contributed by atoms with Crippen molar-refractivity contribution in [3.05, 3.63) is 18.2 Å². The molecule has 0 bridgehead atoms. The van der Waals surface area contributed by atoms with E-state index in [-0.39, 0.29) is 6.41 Å². The highest BCUT2D eigenvalue weighted by atomic mass is 32.2. The first-order chi connectivity index (χ1) is 15.4. The highest BCUT2D eigenvalue weighted by Gasteiger charge is 2.31. The van der Waals surface area contributed by atoms with Gasteiger partial charge in [-0.15, -0.1) is 5.92 Å². The Morgan fingerprint density at radius 2 is 1.84 bits per heavy atom. The van der Waals surface area contributed by atoms with Crippen molar-refractivity contribution < 1.29 is 27.9 Å². The minimum Gasteiger partial charge on any atom is -0.493 e. The second kappa shape index (κ2) is 12.5. The molecule has 1 atom stereocenters. The third kappa shape index (κ3) is 7.02. The van der Waals surface area contributed by atoms with E-state index in [2.05, 4.69) is 23.7 Å². The molecule has 0 aliphatic carbocycles. The second-order valence-corrected chi connectivity index (χ2v) is 9.50. The Kier molecular flexibility index (Phi) is 10.1. The maximum absolute atomic E-state index is 12.9. The van der Waals surface area contributed by atoms with Gasteiger partial charge < -0.3 is 14.4 Å². The third-order valence-electron chi connectivity index (χ3n) is 5.33. The number of sulfonamides is 1. The minimum absolute atomic E-state index is 0.190. The SMILES string of the molecule is CCCCCC#CC(CS(=O)(=O)N1CCN(c2ccc(OC)c(OC)c2)CC1)N(O)C=O. The van der Waals surface area contributed by atoms with Gasteiger partial charge in [0.2, 0.25) is 16.4 Å². The number of carbonyl (C=O) groups excluding carboxylic acids is 1. The number of methoxy groups -OCH3 is 2. The van der Waals surface area contributed by atoms with Gasteiger partial charge in [-0.05, 0) is 18.6 Å². The number of piperazine rings is 1. The van der Waals surface area contributed by atoms with Gasteiger partial charge in [-0.25, -0.2) is 13.5 Å². The molecule has 1 unspecified atom stereocenters. The van der Waals surface area contributed by atoms with Gasteiger partial charge in [0.05, 0.1) is 20.0 Å². The predicted octanol–water partition coefficient (Wildman–Crippen LogP) is 1.96. The van der Waals surface area contributed by atoms with Crippen LogP contribution in [0.5, 0.6) is 11.5 Å². The number of amides is 1. The van der Waals surface area contributed by atoms with E-state index in [4.69, 9.17) is 9.47 Å². The Bertz CT molecular complexity index is 904. The summed E-state index contributed by atoms with van der Waals surface area (Å²) in [5.41, 5.74) is 0.915. The van der Waals surface area contributed by atoms with Crippen molar-refractivity contribution in [2.45, 2.75) is 38.6 Å². The molecule has 32 heavy (non-hydrogen) atoms. The van der Waals surface area contributed by atoms with Crippen molar-refractivity contribution in [2.75, 3.05) is 51.1 Å². The van der Waals surface area contributed by atoms with Crippen molar-refractivity contribution in [2.24, 2.45) is 0 Å².